The molecule has 5 heteroatoms. The molecule has 0 radical (unpaired) electrons. The van der Waals surface area contributed by atoms with E-state index in [1.807, 2.05) is 17.2 Å². The summed E-state index contributed by atoms with van der Waals surface area (Å²) in [6, 6.07) is 8.35. The SMILES string of the molecule is C[C@@H]1C[C@H](c2ccc(CN)c3ncccc23)CN(C(=N)N)C1. The van der Waals surface area contributed by atoms with E-state index in [2.05, 4.69) is 30.1 Å². The van der Waals surface area contributed by atoms with Crippen molar-refractivity contribution in [3.05, 3.63) is 41.6 Å². The van der Waals surface area contributed by atoms with Gasteiger partial charge in [0.25, 0.3) is 0 Å². The lowest BCUT2D eigenvalue weighted by atomic mass is 9.83. The highest BCUT2D eigenvalue weighted by molar-refractivity contribution is 5.85. The molecule has 2 heterocycles. The first kappa shape index (κ1) is 14.8. The lowest BCUT2D eigenvalue weighted by molar-refractivity contribution is 0.242. The van der Waals surface area contributed by atoms with Gasteiger partial charge in [0.15, 0.2) is 5.96 Å². The minimum Gasteiger partial charge on any atom is -0.370 e. The largest absolute Gasteiger partial charge is 0.370 e. The molecule has 1 fully saturated rings. The smallest absolute Gasteiger partial charge is 0.188 e. The molecule has 0 spiro atoms. The van der Waals surface area contributed by atoms with Gasteiger partial charge in [-0.05, 0) is 29.5 Å². The average Bonchev–Trinajstić information content (AvgIpc) is 2.53. The molecule has 1 aromatic heterocycles. The van der Waals surface area contributed by atoms with Gasteiger partial charge in [-0.1, -0.05) is 25.1 Å². The number of fused-ring (bicyclic) bond motifs is 1. The maximum absolute atomic E-state index is 7.73. The van der Waals surface area contributed by atoms with Gasteiger partial charge < -0.3 is 16.4 Å². The van der Waals surface area contributed by atoms with E-state index in [1.54, 1.807) is 0 Å². The zero-order valence-electron chi connectivity index (χ0n) is 12.9. The van der Waals surface area contributed by atoms with Crippen molar-refractivity contribution in [1.29, 1.82) is 5.41 Å². The number of pyridine rings is 1. The van der Waals surface area contributed by atoms with Crippen LogP contribution >= 0.6 is 0 Å². The molecule has 0 bridgehead atoms. The van der Waals surface area contributed by atoms with Crippen LogP contribution in [-0.4, -0.2) is 28.9 Å². The third-order valence-electron chi connectivity index (χ3n) is 4.55. The number of rotatable bonds is 2. The molecular weight excluding hydrogens is 274 g/mol. The molecule has 0 unspecified atom stereocenters. The number of nitrogens with two attached hydrogens (primary N) is 2. The van der Waals surface area contributed by atoms with Crippen molar-refractivity contribution in [3.63, 3.8) is 0 Å². The number of hydrogen-bond acceptors (Lipinski definition) is 3. The van der Waals surface area contributed by atoms with Crippen molar-refractivity contribution in [3.8, 4) is 0 Å². The summed E-state index contributed by atoms with van der Waals surface area (Å²) in [6.45, 7) is 4.37. The second kappa shape index (κ2) is 5.93. The molecule has 0 amide bonds. The van der Waals surface area contributed by atoms with Crippen LogP contribution in [-0.2, 0) is 6.54 Å². The molecule has 3 rings (SSSR count). The van der Waals surface area contributed by atoms with Gasteiger partial charge >= 0.3 is 0 Å². The van der Waals surface area contributed by atoms with Crippen LogP contribution in [0.25, 0.3) is 10.9 Å². The van der Waals surface area contributed by atoms with Crippen molar-refractivity contribution < 1.29 is 0 Å². The Hall–Kier alpha value is -2.14. The molecule has 0 aliphatic carbocycles. The van der Waals surface area contributed by atoms with E-state index >= 15 is 0 Å². The minimum absolute atomic E-state index is 0.164. The number of guanidine groups is 1. The van der Waals surface area contributed by atoms with Crippen molar-refractivity contribution in [2.75, 3.05) is 13.1 Å². The van der Waals surface area contributed by atoms with Crippen LogP contribution in [0.4, 0.5) is 0 Å². The highest BCUT2D eigenvalue weighted by Gasteiger charge is 2.27. The molecular formula is C17H23N5. The zero-order valence-corrected chi connectivity index (χ0v) is 12.9. The topological polar surface area (TPSA) is 92.0 Å². The van der Waals surface area contributed by atoms with E-state index in [0.29, 0.717) is 18.4 Å². The summed E-state index contributed by atoms with van der Waals surface area (Å²) >= 11 is 0. The van der Waals surface area contributed by atoms with E-state index < -0.39 is 0 Å². The van der Waals surface area contributed by atoms with Gasteiger partial charge in [0.1, 0.15) is 0 Å². The third-order valence-corrected chi connectivity index (χ3v) is 4.55. The highest BCUT2D eigenvalue weighted by atomic mass is 15.2. The predicted molar refractivity (Wildman–Crippen MR) is 89.6 cm³/mol. The summed E-state index contributed by atoms with van der Waals surface area (Å²) in [6.07, 6.45) is 2.92. The highest BCUT2D eigenvalue weighted by Crippen LogP contribution is 2.34. The summed E-state index contributed by atoms with van der Waals surface area (Å²) in [7, 11) is 0. The Labute approximate surface area is 130 Å². The fraction of sp³-hybridized carbons (Fsp3) is 0.412. The van der Waals surface area contributed by atoms with Crippen LogP contribution < -0.4 is 11.5 Å². The average molecular weight is 297 g/mol. The number of aromatic nitrogens is 1. The van der Waals surface area contributed by atoms with Crippen LogP contribution in [0.5, 0.6) is 0 Å². The lowest BCUT2D eigenvalue weighted by Gasteiger charge is -2.37. The summed E-state index contributed by atoms with van der Waals surface area (Å²) in [5.74, 6) is 1.05. The van der Waals surface area contributed by atoms with Crippen molar-refractivity contribution in [2.45, 2.75) is 25.8 Å². The second-order valence-corrected chi connectivity index (χ2v) is 6.25. The molecule has 0 saturated carbocycles. The maximum atomic E-state index is 7.73. The standard InChI is InChI=1S/C17H23N5/c1-11-7-13(10-22(9-11)17(19)20)14-5-4-12(8-18)16-15(14)3-2-6-21-16/h2-6,11,13H,7-10,18H2,1H3,(H3,19,20)/t11-,13+/m1/s1. The van der Waals surface area contributed by atoms with Gasteiger partial charge in [0, 0.05) is 37.1 Å². The van der Waals surface area contributed by atoms with Gasteiger partial charge in [0.2, 0.25) is 0 Å². The normalized spacial score (nSPS) is 22.0. The van der Waals surface area contributed by atoms with E-state index in [4.69, 9.17) is 16.9 Å². The Balaban J connectivity index is 2.04. The Kier molecular flexibility index (Phi) is 3.98. The third kappa shape index (κ3) is 2.64. The van der Waals surface area contributed by atoms with Crippen LogP contribution in [0.3, 0.4) is 0 Å². The first-order valence-electron chi connectivity index (χ1n) is 7.75. The molecule has 2 atom stereocenters. The van der Waals surface area contributed by atoms with Crippen molar-refractivity contribution >= 4 is 16.9 Å². The molecule has 1 saturated heterocycles. The van der Waals surface area contributed by atoms with Gasteiger partial charge in [-0.3, -0.25) is 10.4 Å². The fourth-order valence-corrected chi connectivity index (χ4v) is 3.55. The fourth-order valence-electron chi connectivity index (χ4n) is 3.55. The number of nitrogens with one attached hydrogen (secondary N) is 1. The maximum Gasteiger partial charge on any atom is 0.188 e. The van der Waals surface area contributed by atoms with Crippen LogP contribution in [0.15, 0.2) is 30.5 Å². The second-order valence-electron chi connectivity index (χ2n) is 6.25. The van der Waals surface area contributed by atoms with Crippen LogP contribution in [0, 0.1) is 11.3 Å². The number of benzene rings is 1. The Bertz CT molecular complexity index is 697. The summed E-state index contributed by atoms with van der Waals surface area (Å²) in [5.41, 5.74) is 14.9. The Morgan fingerprint density at radius 2 is 2.18 bits per heavy atom. The van der Waals surface area contributed by atoms with Gasteiger partial charge in [-0.2, -0.15) is 0 Å². The number of piperidine rings is 1. The number of likely N-dealkylation sites (tertiary alicyclic amines) is 1. The molecule has 2 aromatic rings. The number of nitrogens with zero attached hydrogens (tertiary/aromatic N) is 2. The minimum atomic E-state index is 0.164. The monoisotopic (exact) mass is 297 g/mol. The van der Waals surface area contributed by atoms with Crippen LogP contribution in [0.2, 0.25) is 0 Å². The van der Waals surface area contributed by atoms with Crippen LogP contribution in [0.1, 0.15) is 30.4 Å². The molecule has 22 heavy (non-hydrogen) atoms. The quantitative estimate of drug-likeness (QED) is 0.584. The summed E-state index contributed by atoms with van der Waals surface area (Å²) in [4.78, 5) is 6.49. The summed E-state index contributed by atoms with van der Waals surface area (Å²) in [5, 5.41) is 8.91. The van der Waals surface area contributed by atoms with E-state index in [-0.39, 0.29) is 5.96 Å². The lowest BCUT2D eigenvalue weighted by Crippen LogP contribution is -2.45. The first-order chi connectivity index (χ1) is 10.6. The van der Waals surface area contributed by atoms with Gasteiger partial charge in [-0.15, -0.1) is 0 Å². The van der Waals surface area contributed by atoms with E-state index in [9.17, 15) is 0 Å². The Morgan fingerprint density at radius 3 is 2.91 bits per heavy atom. The first-order valence-corrected chi connectivity index (χ1v) is 7.75. The summed E-state index contributed by atoms with van der Waals surface area (Å²) < 4.78 is 0. The molecule has 1 aliphatic heterocycles. The zero-order chi connectivity index (χ0) is 15.7. The number of hydrogen-bond donors (Lipinski definition) is 3. The van der Waals surface area contributed by atoms with E-state index in [1.165, 1.54) is 10.9 Å². The molecule has 5 nitrogen and oxygen atoms in total. The predicted octanol–water partition coefficient (Wildman–Crippen LogP) is 2.01. The molecule has 1 aromatic carbocycles. The Morgan fingerprint density at radius 1 is 1.36 bits per heavy atom. The van der Waals surface area contributed by atoms with Gasteiger partial charge in [-0.25, -0.2) is 0 Å². The molecule has 1 aliphatic rings. The van der Waals surface area contributed by atoms with E-state index in [0.717, 1.165) is 30.6 Å². The van der Waals surface area contributed by atoms with Gasteiger partial charge in [0.05, 0.1) is 5.52 Å². The molecule has 5 N–H and O–H groups in total. The van der Waals surface area contributed by atoms with Crippen molar-refractivity contribution in [1.82, 2.24) is 9.88 Å². The molecule has 116 valence electrons. The van der Waals surface area contributed by atoms with Crippen molar-refractivity contribution in [2.24, 2.45) is 17.4 Å².